The van der Waals surface area contributed by atoms with E-state index in [0.717, 1.165) is 29.0 Å². The summed E-state index contributed by atoms with van der Waals surface area (Å²) < 4.78 is 27.6. The Hall–Kier alpha value is -3.29. The first kappa shape index (κ1) is 25.0. The van der Waals surface area contributed by atoms with E-state index in [1.54, 1.807) is 28.4 Å². The maximum absolute atomic E-state index is 5.71. The van der Waals surface area contributed by atoms with E-state index in [1.165, 1.54) is 0 Å². The number of hydrogen-bond acceptors (Lipinski definition) is 6. The Labute approximate surface area is 190 Å². The first-order chi connectivity index (χ1) is 15.6. The van der Waals surface area contributed by atoms with E-state index in [2.05, 4.69) is 21.7 Å². The molecule has 0 heterocycles. The van der Waals surface area contributed by atoms with Crippen molar-refractivity contribution >= 4 is 5.96 Å². The van der Waals surface area contributed by atoms with Crippen molar-refractivity contribution < 1.29 is 23.7 Å². The lowest BCUT2D eigenvalue weighted by atomic mass is 10.1. The highest BCUT2D eigenvalue weighted by atomic mass is 16.5. The van der Waals surface area contributed by atoms with Gasteiger partial charge in [-0.25, -0.2) is 0 Å². The molecule has 0 fully saturated rings. The van der Waals surface area contributed by atoms with Crippen molar-refractivity contribution in [2.24, 2.45) is 4.99 Å². The van der Waals surface area contributed by atoms with Crippen molar-refractivity contribution in [2.75, 3.05) is 48.1 Å². The summed E-state index contributed by atoms with van der Waals surface area (Å²) >= 11 is 0. The maximum atomic E-state index is 5.71. The van der Waals surface area contributed by atoms with Gasteiger partial charge in [-0.2, -0.15) is 0 Å². The highest BCUT2D eigenvalue weighted by Crippen LogP contribution is 2.38. The molecule has 2 aromatic rings. The molecule has 0 saturated carbocycles. The van der Waals surface area contributed by atoms with Crippen LogP contribution in [0.3, 0.4) is 0 Å². The molecule has 2 rings (SSSR count). The SMILES string of the molecule is CCOc1ccc(CCNC(=NC)NCc2cc(OC)c(OC)c(OC)c2)cc1OCC. The van der Waals surface area contributed by atoms with Gasteiger partial charge in [0.1, 0.15) is 0 Å². The van der Waals surface area contributed by atoms with Gasteiger partial charge in [0.2, 0.25) is 5.75 Å². The van der Waals surface area contributed by atoms with Crippen molar-refractivity contribution in [1.82, 2.24) is 10.6 Å². The monoisotopic (exact) mass is 445 g/mol. The largest absolute Gasteiger partial charge is 0.493 e. The molecule has 0 amide bonds. The second-order valence-electron chi connectivity index (χ2n) is 6.78. The molecule has 0 radical (unpaired) electrons. The average molecular weight is 446 g/mol. The summed E-state index contributed by atoms with van der Waals surface area (Å²) in [6.45, 7) is 6.40. The number of rotatable bonds is 12. The number of nitrogens with zero attached hydrogens (tertiary/aromatic N) is 1. The normalized spacial score (nSPS) is 11.0. The number of aliphatic imine (C=N–C) groups is 1. The van der Waals surface area contributed by atoms with Gasteiger partial charge in [-0.15, -0.1) is 0 Å². The van der Waals surface area contributed by atoms with Crippen molar-refractivity contribution in [3.8, 4) is 28.7 Å². The van der Waals surface area contributed by atoms with E-state index in [-0.39, 0.29) is 0 Å². The topological polar surface area (TPSA) is 82.6 Å². The zero-order chi connectivity index (χ0) is 23.3. The Morgan fingerprint density at radius 1 is 0.781 bits per heavy atom. The lowest BCUT2D eigenvalue weighted by Gasteiger charge is -2.16. The van der Waals surface area contributed by atoms with Crippen LogP contribution in [-0.2, 0) is 13.0 Å². The Morgan fingerprint density at radius 2 is 1.41 bits per heavy atom. The second-order valence-corrected chi connectivity index (χ2v) is 6.78. The second kappa shape index (κ2) is 13.2. The predicted molar refractivity (Wildman–Crippen MR) is 127 cm³/mol. The van der Waals surface area contributed by atoms with E-state index in [0.29, 0.717) is 49.5 Å². The Bertz CT molecular complexity index is 861. The van der Waals surface area contributed by atoms with Gasteiger partial charge in [-0.3, -0.25) is 4.99 Å². The molecule has 0 spiro atoms. The first-order valence-electron chi connectivity index (χ1n) is 10.7. The quantitative estimate of drug-likeness (QED) is 0.383. The van der Waals surface area contributed by atoms with Crippen molar-refractivity contribution in [1.29, 1.82) is 0 Å². The summed E-state index contributed by atoms with van der Waals surface area (Å²) in [5, 5.41) is 6.65. The number of benzene rings is 2. The van der Waals surface area contributed by atoms with Crippen molar-refractivity contribution in [3.05, 3.63) is 41.5 Å². The van der Waals surface area contributed by atoms with Crippen LogP contribution in [0.4, 0.5) is 0 Å². The fraction of sp³-hybridized carbons (Fsp3) is 0.458. The Balaban J connectivity index is 1.95. The molecule has 0 saturated heterocycles. The van der Waals surface area contributed by atoms with Crippen LogP contribution in [0.15, 0.2) is 35.3 Å². The summed E-state index contributed by atoms with van der Waals surface area (Å²) in [7, 11) is 6.54. The Kier molecular flexibility index (Phi) is 10.3. The van der Waals surface area contributed by atoms with Gasteiger partial charge >= 0.3 is 0 Å². The number of guanidine groups is 1. The molecule has 0 aliphatic rings. The fourth-order valence-electron chi connectivity index (χ4n) is 3.22. The highest BCUT2D eigenvalue weighted by molar-refractivity contribution is 5.79. The van der Waals surface area contributed by atoms with Crippen molar-refractivity contribution in [3.63, 3.8) is 0 Å². The van der Waals surface area contributed by atoms with Crippen LogP contribution in [0, 0.1) is 0 Å². The zero-order valence-electron chi connectivity index (χ0n) is 19.9. The third kappa shape index (κ3) is 6.87. The molecule has 8 nitrogen and oxygen atoms in total. The van der Waals surface area contributed by atoms with Crippen LogP contribution < -0.4 is 34.3 Å². The van der Waals surface area contributed by atoms with Gasteiger partial charge in [0, 0.05) is 20.1 Å². The molecule has 0 bridgehead atoms. The lowest BCUT2D eigenvalue weighted by molar-refractivity contribution is 0.287. The molecule has 0 aliphatic carbocycles. The van der Waals surface area contributed by atoms with Gasteiger partial charge < -0.3 is 34.3 Å². The molecule has 32 heavy (non-hydrogen) atoms. The van der Waals surface area contributed by atoms with E-state index in [9.17, 15) is 0 Å². The molecule has 0 aliphatic heterocycles. The summed E-state index contributed by atoms with van der Waals surface area (Å²) in [4.78, 5) is 4.30. The van der Waals surface area contributed by atoms with Gasteiger partial charge in [-0.05, 0) is 55.7 Å². The summed E-state index contributed by atoms with van der Waals surface area (Å²) in [5.41, 5.74) is 2.14. The Morgan fingerprint density at radius 3 is 1.97 bits per heavy atom. The minimum Gasteiger partial charge on any atom is -0.493 e. The number of hydrogen-bond donors (Lipinski definition) is 2. The highest BCUT2D eigenvalue weighted by Gasteiger charge is 2.13. The van der Waals surface area contributed by atoms with Gasteiger partial charge in [0.15, 0.2) is 29.0 Å². The van der Waals surface area contributed by atoms with E-state index >= 15 is 0 Å². The lowest BCUT2D eigenvalue weighted by Crippen LogP contribution is -2.37. The average Bonchev–Trinajstić information content (AvgIpc) is 2.82. The maximum Gasteiger partial charge on any atom is 0.203 e. The predicted octanol–water partition coefficient (Wildman–Crippen LogP) is 3.42. The smallest absolute Gasteiger partial charge is 0.203 e. The van der Waals surface area contributed by atoms with E-state index < -0.39 is 0 Å². The first-order valence-corrected chi connectivity index (χ1v) is 10.7. The van der Waals surface area contributed by atoms with Crippen LogP contribution in [0.2, 0.25) is 0 Å². The molecular weight excluding hydrogens is 410 g/mol. The minimum absolute atomic E-state index is 0.550. The summed E-state index contributed by atoms with van der Waals surface area (Å²) in [5.74, 6) is 4.06. The molecule has 2 aromatic carbocycles. The molecule has 176 valence electrons. The van der Waals surface area contributed by atoms with Gasteiger partial charge in [0.25, 0.3) is 0 Å². The van der Waals surface area contributed by atoms with Gasteiger partial charge in [-0.1, -0.05) is 6.07 Å². The molecule has 0 unspecified atom stereocenters. The number of methoxy groups -OCH3 is 3. The zero-order valence-corrected chi connectivity index (χ0v) is 19.9. The third-order valence-electron chi connectivity index (χ3n) is 4.72. The molecule has 2 N–H and O–H groups in total. The van der Waals surface area contributed by atoms with Crippen LogP contribution in [-0.4, -0.2) is 54.1 Å². The van der Waals surface area contributed by atoms with Crippen molar-refractivity contribution in [2.45, 2.75) is 26.8 Å². The third-order valence-corrected chi connectivity index (χ3v) is 4.72. The van der Waals surface area contributed by atoms with Crippen LogP contribution in [0.5, 0.6) is 28.7 Å². The fourth-order valence-corrected chi connectivity index (χ4v) is 3.22. The molecule has 8 heteroatoms. The minimum atomic E-state index is 0.550. The summed E-state index contributed by atoms with van der Waals surface area (Å²) in [6, 6.07) is 9.87. The van der Waals surface area contributed by atoms with Crippen LogP contribution >= 0.6 is 0 Å². The molecular formula is C24H35N3O5. The van der Waals surface area contributed by atoms with Crippen LogP contribution in [0.1, 0.15) is 25.0 Å². The standard InChI is InChI=1S/C24H35N3O5/c1-7-31-19-10-9-17(13-20(19)32-8-2)11-12-26-24(25-3)27-16-18-14-21(28-4)23(30-6)22(15-18)29-5/h9-10,13-15H,7-8,11-12,16H2,1-6H3,(H2,25,26,27). The summed E-state index contributed by atoms with van der Waals surface area (Å²) in [6.07, 6.45) is 0.817. The van der Waals surface area contributed by atoms with E-state index in [1.807, 2.05) is 38.1 Å². The van der Waals surface area contributed by atoms with E-state index in [4.69, 9.17) is 23.7 Å². The number of ether oxygens (including phenoxy) is 5. The van der Waals surface area contributed by atoms with Gasteiger partial charge in [0.05, 0.1) is 34.5 Å². The van der Waals surface area contributed by atoms with Crippen LogP contribution in [0.25, 0.3) is 0 Å². The molecule has 0 aromatic heterocycles. The molecule has 0 atom stereocenters. The number of nitrogens with one attached hydrogen (secondary N) is 2.